The van der Waals surface area contributed by atoms with Crippen LogP contribution in [0.2, 0.25) is 0 Å². The lowest BCUT2D eigenvalue weighted by Gasteiger charge is -2.30. The van der Waals surface area contributed by atoms with Crippen LogP contribution < -0.4 is 5.32 Å². The van der Waals surface area contributed by atoms with Crippen molar-refractivity contribution in [2.75, 3.05) is 26.2 Å². The molecule has 1 saturated heterocycles. The van der Waals surface area contributed by atoms with Gasteiger partial charge in [-0.05, 0) is 43.3 Å². The van der Waals surface area contributed by atoms with Crippen molar-refractivity contribution in [2.45, 2.75) is 24.0 Å². The summed E-state index contributed by atoms with van der Waals surface area (Å²) in [5, 5.41) is 5.14. The molecule has 1 aromatic rings. The number of piperidine rings is 1. The standard InChI is InChI=1S/C12H20N2O2S2/c1-2-13-10-11-5-7-14(8-6-11)18(15,16)12-4-3-9-17-12/h3-4,9,11,13H,2,5-8,10H2,1H3. The molecule has 1 aliphatic rings. The largest absolute Gasteiger partial charge is 0.317 e. The molecule has 6 heteroatoms. The first-order chi connectivity index (χ1) is 8.64. The van der Waals surface area contributed by atoms with Gasteiger partial charge in [-0.1, -0.05) is 13.0 Å². The van der Waals surface area contributed by atoms with Crippen molar-refractivity contribution in [1.82, 2.24) is 9.62 Å². The molecule has 0 bridgehead atoms. The SMILES string of the molecule is CCNCC1CCN(S(=O)(=O)c2cccs2)CC1. The molecular formula is C12H20N2O2S2. The summed E-state index contributed by atoms with van der Waals surface area (Å²) in [4.78, 5) is 0. The number of sulfonamides is 1. The van der Waals surface area contributed by atoms with Gasteiger partial charge in [0.2, 0.25) is 0 Å². The Labute approximate surface area is 113 Å². The molecule has 2 heterocycles. The Morgan fingerprint density at radius 3 is 2.72 bits per heavy atom. The number of rotatable bonds is 5. The molecular weight excluding hydrogens is 268 g/mol. The molecule has 0 aliphatic carbocycles. The number of hydrogen-bond acceptors (Lipinski definition) is 4. The number of thiophene rings is 1. The van der Waals surface area contributed by atoms with Crippen molar-refractivity contribution in [3.63, 3.8) is 0 Å². The van der Waals surface area contributed by atoms with E-state index in [-0.39, 0.29) is 0 Å². The molecule has 18 heavy (non-hydrogen) atoms. The smallest absolute Gasteiger partial charge is 0.252 e. The number of nitrogens with zero attached hydrogens (tertiary/aromatic N) is 1. The maximum Gasteiger partial charge on any atom is 0.252 e. The molecule has 0 saturated carbocycles. The molecule has 4 nitrogen and oxygen atoms in total. The molecule has 2 rings (SSSR count). The van der Waals surface area contributed by atoms with Gasteiger partial charge in [0.15, 0.2) is 0 Å². The average molecular weight is 288 g/mol. The third-order valence-corrected chi connectivity index (χ3v) is 6.62. The van der Waals surface area contributed by atoms with Crippen LogP contribution in [0.3, 0.4) is 0 Å². The highest BCUT2D eigenvalue weighted by Crippen LogP contribution is 2.25. The van der Waals surface area contributed by atoms with Crippen LogP contribution in [0.1, 0.15) is 19.8 Å². The Balaban J connectivity index is 1.94. The molecule has 0 spiro atoms. The maximum atomic E-state index is 12.3. The second-order valence-corrected chi connectivity index (χ2v) is 7.70. The van der Waals surface area contributed by atoms with E-state index in [0.29, 0.717) is 23.2 Å². The van der Waals surface area contributed by atoms with Gasteiger partial charge in [0.05, 0.1) is 0 Å². The van der Waals surface area contributed by atoms with Crippen LogP contribution in [0.15, 0.2) is 21.7 Å². The van der Waals surface area contributed by atoms with E-state index in [4.69, 9.17) is 0 Å². The molecule has 0 unspecified atom stereocenters. The van der Waals surface area contributed by atoms with Gasteiger partial charge < -0.3 is 5.32 Å². The lowest BCUT2D eigenvalue weighted by Crippen LogP contribution is -2.40. The maximum absolute atomic E-state index is 12.3. The molecule has 1 aliphatic heterocycles. The Bertz CT molecular complexity index is 448. The second kappa shape index (κ2) is 6.14. The van der Waals surface area contributed by atoms with Crippen molar-refractivity contribution < 1.29 is 8.42 Å². The van der Waals surface area contributed by atoms with E-state index < -0.39 is 10.0 Å². The minimum atomic E-state index is -3.23. The molecule has 102 valence electrons. The van der Waals surface area contributed by atoms with E-state index in [2.05, 4.69) is 12.2 Å². The van der Waals surface area contributed by atoms with Gasteiger partial charge in [-0.25, -0.2) is 8.42 Å². The number of nitrogens with one attached hydrogen (secondary N) is 1. The minimum Gasteiger partial charge on any atom is -0.317 e. The van der Waals surface area contributed by atoms with Gasteiger partial charge in [-0.2, -0.15) is 4.31 Å². The highest BCUT2D eigenvalue weighted by Gasteiger charge is 2.29. The molecule has 0 aromatic carbocycles. The lowest BCUT2D eigenvalue weighted by atomic mass is 9.98. The van der Waals surface area contributed by atoms with Crippen LogP contribution >= 0.6 is 11.3 Å². The van der Waals surface area contributed by atoms with Crippen molar-refractivity contribution in [1.29, 1.82) is 0 Å². The minimum absolute atomic E-state index is 0.465. The van der Waals surface area contributed by atoms with Crippen LogP contribution in [0, 0.1) is 5.92 Å². The summed E-state index contributed by atoms with van der Waals surface area (Å²) in [5.41, 5.74) is 0. The predicted molar refractivity (Wildman–Crippen MR) is 74.3 cm³/mol. The van der Waals surface area contributed by atoms with Crippen LogP contribution in [0.4, 0.5) is 0 Å². The lowest BCUT2D eigenvalue weighted by molar-refractivity contribution is 0.269. The summed E-state index contributed by atoms with van der Waals surface area (Å²) in [5.74, 6) is 0.611. The predicted octanol–water partition coefficient (Wildman–Crippen LogP) is 1.76. The van der Waals surface area contributed by atoms with Crippen molar-refractivity contribution in [3.05, 3.63) is 17.5 Å². The Kier molecular flexibility index (Phi) is 4.77. The zero-order valence-corrected chi connectivity index (χ0v) is 12.3. The van der Waals surface area contributed by atoms with E-state index in [1.54, 1.807) is 16.4 Å². The summed E-state index contributed by atoms with van der Waals surface area (Å²) >= 11 is 1.30. The van der Waals surface area contributed by atoms with Gasteiger partial charge in [0, 0.05) is 13.1 Å². The molecule has 0 radical (unpaired) electrons. The molecule has 1 N–H and O–H groups in total. The fourth-order valence-electron chi connectivity index (χ4n) is 2.24. The normalized spacial score (nSPS) is 19.2. The summed E-state index contributed by atoms with van der Waals surface area (Å²) in [7, 11) is -3.23. The fraction of sp³-hybridized carbons (Fsp3) is 0.667. The first-order valence-corrected chi connectivity index (χ1v) is 8.71. The third kappa shape index (κ3) is 3.12. The molecule has 0 atom stereocenters. The quantitative estimate of drug-likeness (QED) is 0.898. The van der Waals surface area contributed by atoms with Crippen molar-refractivity contribution in [2.24, 2.45) is 5.92 Å². The Morgan fingerprint density at radius 2 is 2.17 bits per heavy atom. The summed E-state index contributed by atoms with van der Waals surface area (Å²) < 4.78 is 26.7. The highest BCUT2D eigenvalue weighted by atomic mass is 32.2. The first kappa shape index (κ1) is 14.0. The van der Waals surface area contributed by atoms with Gasteiger partial charge in [-0.3, -0.25) is 0 Å². The zero-order valence-electron chi connectivity index (χ0n) is 10.6. The highest BCUT2D eigenvalue weighted by molar-refractivity contribution is 7.91. The van der Waals surface area contributed by atoms with Crippen molar-refractivity contribution >= 4 is 21.4 Å². The Hall–Kier alpha value is -0.430. The number of hydrogen-bond donors (Lipinski definition) is 1. The summed E-state index contributed by atoms with van der Waals surface area (Å²) in [6.07, 6.45) is 1.91. The third-order valence-electron chi connectivity index (χ3n) is 3.35. The Morgan fingerprint density at radius 1 is 1.44 bits per heavy atom. The van der Waals surface area contributed by atoms with Crippen molar-refractivity contribution in [3.8, 4) is 0 Å². The van der Waals surface area contributed by atoms with Crippen LogP contribution in [0.25, 0.3) is 0 Å². The fourth-order valence-corrected chi connectivity index (χ4v) is 4.85. The molecule has 0 amide bonds. The second-order valence-electron chi connectivity index (χ2n) is 4.59. The van der Waals surface area contributed by atoms with Gasteiger partial charge >= 0.3 is 0 Å². The van der Waals surface area contributed by atoms with E-state index in [1.165, 1.54) is 11.3 Å². The van der Waals surface area contributed by atoms with Crippen LogP contribution in [-0.4, -0.2) is 38.9 Å². The topological polar surface area (TPSA) is 49.4 Å². The van der Waals surface area contributed by atoms with E-state index >= 15 is 0 Å². The van der Waals surface area contributed by atoms with Crippen LogP contribution in [0.5, 0.6) is 0 Å². The summed E-state index contributed by atoms with van der Waals surface area (Å²) in [6, 6.07) is 3.47. The summed E-state index contributed by atoms with van der Waals surface area (Å²) in [6.45, 7) is 5.38. The van der Waals surface area contributed by atoms with E-state index in [0.717, 1.165) is 25.9 Å². The van der Waals surface area contributed by atoms with E-state index in [9.17, 15) is 8.42 Å². The van der Waals surface area contributed by atoms with Gasteiger partial charge in [0.25, 0.3) is 10.0 Å². The van der Waals surface area contributed by atoms with Gasteiger partial charge in [-0.15, -0.1) is 11.3 Å². The molecule has 1 aromatic heterocycles. The first-order valence-electron chi connectivity index (χ1n) is 6.39. The van der Waals surface area contributed by atoms with E-state index in [1.807, 2.05) is 5.38 Å². The zero-order chi connectivity index (χ0) is 13.0. The molecule has 1 fully saturated rings. The monoisotopic (exact) mass is 288 g/mol. The van der Waals surface area contributed by atoms with Gasteiger partial charge in [0.1, 0.15) is 4.21 Å². The van der Waals surface area contributed by atoms with Crippen LogP contribution in [-0.2, 0) is 10.0 Å². The average Bonchev–Trinajstić information content (AvgIpc) is 2.91.